The molecule has 0 aliphatic carbocycles. The number of ether oxygens (including phenoxy) is 2. The van der Waals surface area contributed by atoms with Crippen molar-refractivity contribution >= 4 is 36.0 Å². The van der Waals surface area contributed by atoms with Gasteiger partial charge in [-0.25, -0.2) is 24.2 Å². The van der Waals surface area contributed by atoms with Gasteiger partial charge in [-0.1, -0.05) is 6.92 Å². The minimum atomic E-state index is -0.985. The zero-order chi connectivity index (χ0) is 21.2. The number of aliphatic hydroxyl groups is 1. The standard InChI is InChI=1S/C16H26N4O7S/c1-12(14(17)23)8-28-11-27-16(25)19-6-7-26-15(24)13(20-10-22)4-2-3-5-18-9-21/h12-14,23H,2-8,11,17H2,1H3,(H,19,25). The van der Waals surface area contributed by atoms with Crippen LogP contribution in [0.4, 0.5) is 4.79 Å². The van der Waals surface area contributed by atoms with E-state index >= 15 is 0 Å². The minimum absolute atomic E-state index is 0.0265. The van der Waals surface area contributed by atoms with E-state index in [0.717, 1.165) is 0 Å². The van der Waals surface area contributed by atoms with Crippen molar-refractivity contribution in [3.63, 3.8) is 0 Å². The number of nitrogens with one attached hydrogen (secondary N) is 1. The second-order valence-corrected chi connectivity index (χ2v) is 6.66. The maximum Gasteiger partial charge on any atom is 0.408 e. The van der Waals surface area contributed by atoms with E-state index in [4.69, 9.17) is 20.3 Å². The lowest BCUT2D eigenvalue weighted by molar-refractivity contribution is -0.145. The predicted octanol–water partition coefficient (Wildman–Crippen LogP) is 0.0702. The van der Waals surface area contributed by atoms with Crippen LogP contribution in [0, 0.1) is 5.92 Å². The van der Waals surface area contributed by atoms with Crippen LogP contribution in [0.2, 0.25) is 0 Å². The summed E-state index contributed by atoms with van der Waals surface area (Å²) in [5.41, 5.74) is 5.30. The zero-order valence-corrected chi connectivity index (χ0v) is 16.5. The Hall–Kier alpha value is -2.23. The molecule has 12 heteroatoms. The highest BCUT2D eigenvalue weighted by Gasteiger charge is 2.18. The van der Waals surface area contributed by atoms with Crippen molar-refractivity contribution in [1.82, 2.24) is 5.32 Å². The Morgan fingerprint density at radius 2 is 2.00 bits per heavy atom. The molecule has 0 heterocycles. The Bertz CT molecular complexity index is 563. The number of nitrogens with zero attached hydrogens (tertiary/aromatic N) is 2. The number of aliphatic hydroxyl groups excluding tert-OH is 1. The molecule has 0 aromatic carbocycles. The van der Waals surface area contributed by atoms with Gasteiger partial charge >= 0.3 is 12.1 Å². The number of esters is 1. The highest BCUT2D eigenvalue weighted by molar-refractivity contribution is 7.99. The van der Waals surface area contributed by atoms with Gasteiger partial charge in [0, 0.05) is 11.7 Å². The summed E-state index contributed by atoms with van der Waals surface area (Å²) in [7, 11) is 0. The number of hydrogen-bond acceptors (Lipinski definition) is 11. The monoisotopic (exact) mass is 418 g/mol. The third-order valence-electron chi connectivity index (χ3n) is 3.40. The summed E-state index contributed by atoms with van der Waals surface area (Å²) >= 11 is 1.30. The SMILES string of the molecule is CC(CSCOC(=O)NCCOC(=O)C(CCCCN=C=O)N=C=O)C(N)O. The average Bonchev–Trinajstić information content (AvgIpc) is 2.67. The van der Waals surface area contributed by atoms with Gasteiger partial charge in [-0.2, -0.15) is 4.99 Å². The molecule has 0 aromatic rings. The van der Waals surface area contributed by atoms with Crippen LogP contribution in [0.3, 0.4) is 0 Å². The molecule has 0 saturated heterocycles. The summed E-state index contributed by atoms with van der Waals surface area (Å²) in [6.07, 6.45) is 2.44. The second kappa shape index (κ2) is 16.9. The van der Waals surface area contributed by atoms with E-state index in [1.165, 1.54) is 23.9 Å². The van der Waals surface area contributed by atoms with E-state index in [-0.39, 0.29) is 38.0 Å². The fourth-order valence-corrected chi connectivity index (χ4v) is 2.61. The summed E-state index contributed by atoms with van der Waals surface area (Å²) in [6.45, 7) is 1.97. The zero-order valence-electron chi connectivity index (χ0n) is 15.7. The first kappa shape index (κ1) is 25.8. The van der Waals surface area contributed by atoms with E-state index in [2.05, 4.69) is 15.3 Å². The van der Waals surface area contributed by atoms with Crippen molar-refractivity contribution in [3.8, 4) is 0 Å². The molecule has 0 spiro atoms. The maximum absolute atomic E-state index is 11.9. The van der Waals surface area contributed by atoms with Crippen LogP contribution >= 0.6 is 11.8 Å². The van der Waals surface area contributed by atoms with Gasteiger partial charge in [0.25, 0.3) is 0 Å². The molecule has 0 saturated carbocycles. The predicted molar refractivity (Wildman–Crippen MR) is 101 cm³/mol. The smallest absolute Gasteiger partial charge is 0.408 e. The third kappa shape index (κ3) is 13.9. The fourth-order valence-electron chi connectivity index (χ4n) is 1.75. The molecule has 4 N–H and O–H groups in total. The first-order valence-electron chi connectivity index (χ1n) is 8.61. The summed E-state index contributed by atoms with van der Waals surface area (Å²) < 4.78 is 9.85. The molecule has 1 amide bonds. The normalized spacial score (nSPS) is 13.2. The van der Waals surface area contributed by atoms with Gasteiger partial charge in [0.05, 0.1) is 13.1 Å². The van der Waals surface area contributed by atoms with Crippen LogP contribution in [-0.2, 0) is 23.9 Å². The number of aliphatic imine (C=N–C) groups is 2. The number of carbonyl (C=O) groups excluding carboxylic acids is 4. The molecule has 158 valence electrons. The minimum Gasteiger partial charge on any atom is -0.462 e. The van der Waals surface area contributed by atoms with Crippen molar-refractivity contribution in [2.45, 2.75) is 38.5 Å². The number of hydrogen-bond donors (Lipinski definition) is 3. The van der Waals surface area contributed by atoms with Gasteiger partial charge in [-0.15, -0.1) is 11.8 Å². The number of carbonyl (C=O) groups is 2. The molecule has 28 heavy (non-hydrogen) atoms. The Morgan fingerprint density at radius 3 is 2.64 bits per heavy atom. The summed E-state index contributed by atoms with van der Waals surface area (Å²) in [5.74, 6) is -0.214. The molecule has 0 rings (SSSR count). The van der Waals surface area contributed by atoms with Crippen LogP contribution in [0.1, 0.15) is 26.2 Å². The number of alkyl carbamates (subject to hydrolysis) is 1. The van der Waals surface area contributed by atoms with Gasteiger partial charge in [0.1, 0.15) is 18.8 Å². The van der Waals surface area contributed by atoms with Gasteiger partial charge in [-0.3, -0.25) is 0 Å². The molecular weight excluding hydrogens is 392 g/mol. The van der Waals surface area contributed by atoms with Crippen LogP contribution in [-0.4, -0.2) is 73.0 Å². The van der Waals surface area contributed by atoms with Gasteiger partial charge in [0.15, 0.2) is 6.04 Å². The Balaban J connectivity index is 3.92. The summed E-state index contributed by atoms with van der Waals surface area (Å²) in [5, 5.41) is 11.5. The molecule has 0 fully saturated rings. The lowest BCUT2D eigenvalue weighted by Crippen LogP contribution is -2.31. The lowest BCUT2D eigenvalue weighted by Gasteiger charge is -2.14. The fraction of sp³-hybridized carbons (Fsp3) is 0.750. The third-order valence-corrected chi connectivity index (χ3v) is 4.44. The number of nitrogens with two attached hydrogens (primary N) is 1. The van der Waals surface area contributed by atoms with Gasteiger partial charge in [-0.05, 0) is 19.3 Å². The summed E-state index contributed by atoms with van der Waals surface area (Å²) in [4.78, 5) is 50.5. The Kier molecular flexibility index (Phi) is 15.6. The average molecular weight is 418 g/mol. The number of isocyanates is 2. The largest absolute Gasteiger partial charge is 0.462 e. The molecule has 3 unspecified atom stereocenters. The molecule has 0 bridgehead atoms. The first-order valence-corrected chi connectivity index (χ1v) is 9.77. The molecule has 0 radical (unpaired) electrons. The van der Waals surface area contributed by atoms with E-state index in [0.29, 0.717) is 18.6 Å². The number of rotatable bonds is 15. The van der Waals surface area contributed by atoms with Crippen LogP contribution in [0.25, 0.3) is 0 Å². The van der Waals surface area contributed by atoms with Gasteiger partial charge in [0.2, 0.25) is 12.2 Å². The van der Waals surface area contributed by atoms with E-state index < -0.39 is 24.3 Å². The van der Waals surface area contributed by atoms with Gasteiger partial charge < -0.3 is 25.6 Å². The molecule has 0 aliphatic rings. The van der Waals surface area contributed by atoms with Crippen LogP contribution < -0.4 is 11.1 Å². The number of amides is 1. The second-order valence-electron chi connectivity index (χ2n) is 5.69. The van der Waals surface area contributed by atoms with Crippen LogP contribution in [0.15, 0.2) is 9.98 Å². The molecule has 0 aromatic heterocycles. The summed E-state index contributed by atoms with van der Waals surface area (Å²) in [6, 6.07) is -0.985. The van der Waals surface area contributed by atoms with Crippen molar-refractivity contribution < 1.29 is 33.8 Å². The molecule has 0 aliphatic heterocycles. The topological polar surface area (TPSA) is 170 Å². The maximum atomic E-state index is 11.9. The van der Waals surface area contributed by atoms with Crippen molar-refractivity contribution in [1.29, 1.82) is 0 Å². The van der Waals surface area contributed by atoms with E-state index in [1.807, 2.05) is 0 Å². The van der Waals surface area contributed by atoms with Crippen molar-refractivity contribution in [3.05, 3.63) is 0 Å². The number of thioether (sulfide) groups is 1. The quantitative estimate of drug-likeness (QED) is 0.109. The van der Waals surface area contributed by atoms with Crippen molar-refractivity contribution in [2.75, 3.05) is 31.4 Å². The number of unbranched alkanes of at least 4 members (excludes halogenated alkanes) is 1. The van der Waals surface area contributed by atoms with Crippen molar-refractivity contribution in [2.24, 2.45) is 21.6 Å². The highest BCUT2D eigenvalue weighted by Crippen LogP contribution is 2.10. The Labute approximate surface area is 167 Å². The first-order chi connectivity index (χ1) is 13.4. The lowest BCUT2D eigenvalue weighted by atomic mass is 10.1. The Morgan fingerprint density at radius 1 is 1.25 bits per heavy atom. The highest BCUT2D eigenvalue weighted by atomic mass is 32.2. The molecule has 11 nitrogen and oxygen atoms in total. The van der Waals surface area contributed by atoms with Crippen LogP contribution in [0.5, 0.6) is 0 Å². The molecule has 3 atom stereocenters. The van der Waals surface area contributed by atoms with E-state index in [1.54, 1.807) is 6.92 Å². The molecular formula is C16H26N4O7S. The van der Waals surface area contributed by atoms with E-state index in [9.17, 15) is 19.2 Å².